The first kappa shape index (κ1) is 14.4. The fourth-order valence-corrected chi connectivity index (χ4v) is 3.35. The van der Waals surface area contributed by atoms with Crippen LogP contribution in [-0.2, 0) is 18.3 Å². The smallest absolute Gasteiger partial charge is 0.0726 e. The van der Waals surface area contributed by atoms with Gasteiger partial charge in [-0.05, 0) is 54.4 Å². The zero-order valence-corrected chi connectivity index (χ0v) is 13.7. The first-order valence-electron chi connectivity index (χ1n) is 8.14. The van der Waals surface area contributed by atoms with E-state index in [1.807, 2.05) is 7.05 Å². The van der Waals surface area contributed by atoms with E-state index in [-0.39, 0.29) is 5.41 Å². The molecule has 21 heavy (non-hydrogen) atoms. The van der Waals surface area contributed by atoms with Gasteiger partial charge in [-0.1, -0.05) is 33.3 Å². The highest BCUT2D eigenvalue weighted by molar-refractivity contribution is 5.94. The molecule has 1 N–H and O–H groups in total. The summed E-state index contributed by atoms with van der Waals surface area (Å²) in [4.78, 5) is 4.97. The van der Waals surface area contributed by atoms with Gasteiger partial charge in [0.1, 0.15) is 0 Å². The first-order valence-corrected chi connectivity index (χ1v) is 8.14. The predicted molar refractivity (Wildman–Crippen MR) is 91.2 cm³/mol. The lowest BCUT2D eigenvalue weighted by Gasteiger charge is -2.21. The molecule has 2 nitrogen and oxygen atoms in total. The van der Waals surface area contributed by atoms with E-state index in [0.717, 1.165) is 18.4 Å². The first-order chi connectivity index (χ1) is 10.0. The molecule has 1 heterocycles. The summed E-state index contributed by atoms with van der Waals surface area (Å²) in [6.07, 6.45) is 6.17. The fraction of sp³-hybridized carbons (Fsp3) is 0.526. The maximum absolute atomic E-state index is 4.97. The molecule has 1 aromatic carbocycles. The highest BCUT2D eigenvalue weighted by Crippen LogP contribution is 2.35. The van der Waals surface area contributed by atoms with Gasteiger partial charge in [0.15, 0.2) is 0 Å². The van der Waals surface area contributed by atoms with Crippen LogP contribution >= 0.6 is 0 Å². The molecule has 1 aliphatic rings. The molecule has 2 aromatic rings. The number of anilines is 1. The van der Waals surface area contributed by atoms with Crippen molar-refractivity contribution in [2.24, 2.45) is 0 Å². The lowest BCUT2D eigenvalue weighted by molar-refractivity contribution is 0.591. The quantitative estimate of drug-likeness (QED) is 0.757. The van der Waals surface area contributed by atoms with Crippen LogP contribution in [0.2, 0.25) is 0 Å². The summed E-state index contributed by atoms with van der Waals surface area (Å²) >= 11 is 0. The number of rotatable bonds is 1. The topological polar surface area (TPSA) is 24.9 Å². The molecule has 112 valence electrons. The summed E-state index contributed by atoms with van der Waals surface area (Å²) in [7, 11) is 2.05. The second kappa shape index (κ2) is 5.32. The molecule has 1 aromatic heterocycles. The van der Waals surface area contributed by atoms with Crippen molar-refractivity contribution >= 4 is 16.6 Å². The maximum atomic E-state index is 4.97. The van der Waals surface area contributed by atoms with Crippen LogP contribution in [0, 0.1) is 0 Å². The van der Waals surface area contributed by atoms with Crippen molar-refractivity contribution in [3.8, 4) is 0 Å². The third kappa shape index (κ3) is 2.64. The van der Waals surface area contributed by atoms with Crippen LogP contribution < -0.4 is 5.32 Å². The Morgan fingerprint density at radius 3 is 2.52 bits per heavy atom. The van der Waals surface area contributed by atoms with Gasteiger partial charge in [-0.15, -0.1) is 0 Å². The van der Waals surface area contributed by atoms with Crippen LogP contribution in [0.15, 0.2) is 18.2 Å². The van der Waals surface area contributed by atoms with Gasteiger partial charge in [0, 0.05) is 23.8 Å². The lowest BCUT2D eigenvalue weighted by atomic mass is 9.86. The third-order valence-electron chi connectivity index (χ3n) is 4.63. The lowest BCUT2D eigenvalue weighted by Crippen LogP contribution is -2.11. The van der Waals surface area contributed by atoms with Crippen LogP contribution in [-0.4, -0.2) is 12.0 Å². The van der Waals surface area contributed by atoms with Gasteiger partial charge in [0.05, 0.1) is 5.52 Å². The molecular formula is C19H26N2. The average molecular weight is 282 g/mol. The molecule has 0 radical (unpaired) electrons. The molecule has 0 saturated heterocycles. The molecule has 0 atom stereocenters. The number of aryl methyl sites for hydroxylation is 1. The third-order valence-corrected chi connectivity index (χ3v) is 4.63. The Hall–Kier alpha value is -1.57. The minimum absolute atomic E-state index is 0.173. The number of pyridine rings is 1. The van der Waals surface area contributed by atoms with Crippen molar-refractivity contribution < 1.29 is 0 Å². The molecule has 0 aliphatic heterocycles. The minimum atomic E-state index is 0.173. The predicted octanol–water partition coefficient (Wildman–Crippen LogP) is 4.84. The summed E-state index contributed by atoms with van der Waals surface area (Å²) in [6.45, 7) is 6.80. The highest BCUT2D eigenvalue weighted by atomic mass is 14.8. The number of fused-ring (bicyclic) bond motifs is 2. The fourth-order valence-electron chi connectivity index (χ4n) is 3.35. The van der Waals surface area contributed by atoms with E-state index in [4.69, 9.17) is 4.98 Å². The van der Waals surface area contributed by atoms with Crippen molar-refractivity contribution in [2.75, 3.05) is 12.4 Å². The molecule has 1 aliphatic carbocycles. The van der Waals surface area contributed by atoms with Gasteiger partial charge in [-0.2, -0.15) is 0 Å². The van der Waals surface area contributed by atoms with Crippen LogP contribution in [0.25, 0.3) is 10.9 Å². The van der Waals surface area contributed by atoms with Crippen molar-refractivity contribution in [3.05, 3.63) is 35.0 Å². The van der Waals surface area contributed by atoms with E-state index >= 15 is 0 Å². The normalized spacial score (nSPS) is 15.6. The molecule has 0 amide bonds. The maximum Gasteiger partial charge on any atom is 0.0726 e. The minimum Gasteiger partial charge on any atom is -0.387 e. The summed E-state index contributed by atoms with van der Waals surface area (Å²) in [6, 6.07) is 6.76. The number of hydrogen-bond acceptors (Lipinski definition) is 2. The van der Waals surface area contributed by atoms with Gasteiger partial charge < -0.3 is 5.32 Å². The van der Waals surface area contributed by atoms with Gasteiger partial charge in [-0.25, -0.2) is 0 Å². The molecule has 2 heteroatoms. The molecule has 0 fully saturated rings. The van der Waals surface area contributed by atoms with Crippen LogP contribution in [0.4, 0.5) is 5.69 Å². The van der Waals surface area contributed by atoms with Crippen molar-refractivity contribution in [3.63, 3.8) is 0 Å². The Morgan fingerprint density at radius 1 is 1.05 bits per heavy atom. The molecule has 0 spiro atoms. The van der Waals surface area contributed by atoms with E-state index < -0.39 is 0 Å². The van der Waals surface area contributed by atoms with Crippen molar-refractivity contribution in [1.82, 2.24) is 4.98 Å². The van der Waals surface area contributed by atoms with E-state index in [2.05, 4.69) is 44.3 Å². The highest BCUT2D eigenvalue weighted by Gasteiger charge is 2.19. The van der Waals surface area contributed by atoms with E-state index in [9.17, 15) is 0 Å². The second-order valence-electron chi connectivity index (χ2n) is 7.20. The molecule has 0 bridgehead atoms. The SMILES string of the molecule is CNc1c2c(nc3ccc(C(C)(C)C)cc13)CCCCC2. The summed E-state index contributed by atoms with van der Waals surface area (Å²) in [5.74, 6) is 0. The largest absolute Gasteiger partial charge is 0.387 e. The summed E-state index contributed by atoms with van der Waals surface area (Å²) < 4.78 is 0. The van der Waals surface area contributed by atoms with Crippen LogP contribution in [0.3, 0.4) is 0 Å². The molecular weight excluding hydrogens is 256 g/mol. The number of benzene rings is 1. The van der Waals surface area contributed by atoms with Gasteiger partial charge in [0.2, 0.25) is 0 Å². The van der Waals surface area contributed by atoms with Gasteiger partial charge in [0.25, 0.3) is 0 Å². The zero-order chi connectivity index (χ0) is 15.0. The standard InChI is InChI=1S/C19H26N2/c1-19(2,3)13-10-11-17-15(12-13)18(20-4)14-8-6-5-7-9-16(14)21-17/h10-12H,5-9H2,1-4H3,(H,20,21). The Balaban J connectivity index is 2.26. The number of aromatic nitrogens is 1. The Kier molecular flexibility index (Phi) is 3.64. The Bertz CT molecular complexity index is 665. The zero-order valence-electron chi connectivity index (χ0n) is 13.7. The van der Waals surface area contributed by atoms with E-state index in [0.29, 0.717) is 0 Å². The van der Waals surface area contributed by atoms with Gasteiger partial charge in [-0.3, -0.25) is 4.98 Å². The van der Waals surface area contributed by atoms with Crippen molar-refractivity contribution in [1.29, 1.82) is 0 Å². The summed E-state index contributed by atoms with van der Waals surface area (Å²) in [5, 5.41) is 4.75. The number of hydrogen-bond donors (Lipinski definition) is 1. The van der Waals surface area contributed by atoms with Crippen LogP contribution in [0.1, 0.15) is 56.9 Å². The number of nitrogens with one attached hydrogen (secondary N) is 1. The monoisotopic (exact) mass is 282 g/mol. The number of nitrogens with zero attached hydrogens (tertiary/aromatic N) is 1. The molecule has 3 rings (SSSR count). The van der Waals surface area contributed by atoms with Gasteiger partial charge >= 0.3 is 0 Å². The Morgan fingerprint density at radius 2 is 1.81 bits per heavy atom. The Labute approximate surface area is 128 Å². The molecule has 0 unspecified atom stereocenters. The van der Waals surface area contributed by atoms with E-state index in [1.54, 1.807) is 0 Å². The van der Waals surface area contributed by atoms with Crippen LogP contribution in [0.5, 0.6) is 0 Å². The van der Waals surface area contributed by atoms with E-state index in [1.165, 1.54) is 47.2 Å². The molecule has 0 saturated carbocycles. The van der Waals surface area contributed by atoms with Crippen molar-refractivity contribution in [2.45, 2.75) is 58.3 Å². The summed E-state index contributed by atoms with van der Waals surface area (Å²) in [5.41, 5.74) is 6.76. The second-order valence-corrected chi connectivity index (χ2v) is 7.20. The average Bonchev–Trinajstić information content (AvgIpc) is 2.68.